The molecule has 2 aliphatic rings. The van der Waals surface area contributed by atoms with E-state index in [-0.39, 0.29) is 57.1 Å². The molecule has 0 spiro atoms. The minimum absolute atomic E-state index is 0. The molecule has 1 aromatic carbocycles. The minimum Gasteiger partial charge on any atom is -1.00 e. The van der Waals surface area contributed by atoms with E-state index in [4.69, 9.17) is 4.43 Å². The van der Waals surface area contributed by atoms with Gasteiger partial charge in [-0.2, -0.15) is 0 Å². The SMILES string of the molecule is CC=C1C(C2=C(CC(C)O[Si](C)(C)C)C=CC2)=[C-]c2ccccc21.[Cl-].[Cl-].[Zr+3]. The Labute approximate surface area is 197 Å². The van der Waals surface area contributed by atoms with Crippen LogP contribution in [-0.2, 0) is 30.6 Å². The third-order valence-corrected chi connectivity index (χ3v) is 5.54. The fraction of sp³-hybridized carbons (Fsp3) is 0.364. The third kappa shape index (κ3) is 6.41. The Morgan fingerprint density at radius 2 is 1.85 bits per heavy atom. The molecular weight excluding hydrogens is 470 g/mol. The number of rotatable bonds is 5. The molecule has 1 nitrogen and oxygen atoms in total. The predicted octanol–water partition coefficient (Wildman–Crippen LogP) is 0.0733. The topological polar surface area (TPSA) is 9.23 Å². The molecule has 5 heteroatoms. The molecular formula is C22H27Cl2OSiZr. The first-order valence-electron chi connectivity index (χ1n) is 8.86. The molecule has 1 radical (unpaired) electrons. The van der Waals surface area contributed by atoms with Gasteiger partial charge in [-0.05, 0) is 39.4 Å². The number of hydrogen-bond acceptors (Lipinski definition) is 1. The zero-order valence-electron chi connectivity index (χ0n) is 16.7. The van der Waals surface area contributed by atoms with Crippen molar-refractivity contribution in [2.75, 3.05) is 0 Å². The van der Waals surface area contributed by atoms with E-state index in [1.807, 2.05) is 0 Å². The van der Waals surface area contributed by atoms with Crippen molar-refractivity contribution in [2.24, 2.45) is 0 Å². The van der Waals surface area contributed by atoms with Gasteiger partial charge in [-0.15, -0.1) is 40.5 Å². The Morgan fingerprint density at radius 1 is 1.19 bits per heavy atom. The molecule has 0 aliphatic heterocycles. The van der Waals surface area contributed by atoms with Gasteiger partial charge in [-0.25, -0.2) is 0 Å². The normalized spacial score (nSPS) is 17.7. The van der Waals surface area contributed by atoms with Crippen LogP contribution >= 0.6 is 0 Å². The van der Waals surface area contributed by atoms with Crippen LogP contribution in [0.15, 0.2) is 59.2 Å². The van der Waals surface area contributed by atoms with E-state index in [0.29, 0.717) is 0 Å². The molecule has 2 aliphatic carbocycles. The summed E-state index contributed by atoms with van der Waals surface area (Å²) < 4.78 is 6.25. The molecule has 143 valence electrons. The minimum atomic E-state index is -1.50. The first kappa shape index (κ1) is 26.8. The van der Waals surface area contributed by atoms with Crippen molar-refractivity contribution in [1.29, 1.82) is 0 Å². The standard InChI is InChI=1S/C22H27OSi.2ClH.Zr/c1-6-19-20-12-8-7-10-18(20)15-22(19)21-13-9-11-17(21)14-16(2)23-24(3,4)5;;;/h6-12,16H,13-14H2,1-5H3;2*1H;/q-1;;;+3/p-2. The molecule has 27 heavy (non-hydrogen) atoms. The summed E-state index contributed by atoms with van der Waals surface area (Å²) in [4.78, 5) is 0. The fourth-order valence-corrected chi connectivity index (χ4v) is 4.95. The molecule has 0 bridgehead atoms. The van der Waals surface area contributed by atoms with Crippen LogP contribution in [0.5, 0.6) is 0 Å². The number of halogens is 2. The second-order valence-electron chi connectivity index (χ2n) is 7.60. The zero-order chi connectivity index (χ0) is 17.3. The molecule has 0 N–H and O–H groups in total. The molecule has 1 atom stereocenters. The molecule has 0 saturated carbocycles. The van der Waals surface area contributed by atoms with Gasteiger partial charge >= 0.3 is 26.2 Å². The van der Waals surface area contributed by atoms with Crippen LogP contribution in [0.25, 0.3) is 5.57 Å². The third-order valence-electron chi connectivity index (χ3n) is 4.43. The summed E-state index contributed by atoms with van der Waals surface area (Å²) in [5.74, 6) is 0. The van der Waals surface area contributed by atoms with Crippen LogP contribution in [-0.4, -0.2) is 14.4 Å². The predicted molar refractivity (Wildman–Crippen MR) is 105 cm³/mol. The van der Waals surface area contributed by atoms with Gasteiger partial charge in [0.1, 0.15) is 0 Å². The van der Waals surface area contributed by atoms with Crippen molar-refractivity contribution in [3.8, 4) is 0 Å². The molecule has 3 rings (SSSR count). The molecule has 0 amide bonds. The van der Waals surface area contributed by atoms with Crippen LogP contribution in [0.3, 0.4) is 0 Å². The summed E-state index contributed by atoms with van der Waals surface area (Å²) in [5, 5.41) is 0. The summed E-state index contributed by atoms with van der Waals surface area (Å²) in [6, 6.07) is 8.56. The van der Waals surface area contributed by atoms with Crippen LogP contribution in [0.4, 0.5) is 0 Å². The van der Waals surface area contributed by atoms with Crippen molar-refractivity contribution in [2.45, 2.75) is 52.4 Å². The quantitative estimate of drug-likeness (QED) is 0.414. The molecule has 1 unspecified atom stereocenters. The van der Waals surface area contributed by atoms with Crippen LogP contribution in [0.1, 0.15) is 37.8 Å². The van der Waals surface area contributed by atoms with Gasteiger partial charge in [0.15, 0.2) is 8.32 Å². The van der Waals surface area contributed by atoms with Gasteiger partial charge in [0.25, 0.3) is 0 Å². The van der Waals surface area contributed by atoms with Gasteiger partial charge in [-0.1, -0.05) is 48.4 Å². The Bertz CT molecular complexity index is 773. The average molecular weight is 498 g/mol. The number of benzene rings is 1. The van der Waals surface area contributed by atoms with Gasteiger partial charge < -0.3 is 29.2 Å². The van der Waals surface area contributed by atoms with Gasteiger partial charge in [0.05, 0.1) is 0 Å². The summed E-state index contributed by atoms with van der Waals surface area (Å²) >= 11 is 0. The van der Waals surface area contributed by atoms with E-state index in [1.165, 1.54) is 33.4 Å². The van der Waals surface area contributed by atoms with Crippen LogP contribution in [0.2, 0.25) is 19.6 Å². The number of allylic oxidation sites excluding steroid dienone is 6. The molecule has 1 aromatic rings. The van der Waals surface area contributed by atoms with E-state index >= 15 is 0 Å². The van der Waals surface area contributed by atoms with Crippen molar-refractivity contribution in [1.82, 2.24) is 0 Å². The van der Waals surface area contributed by atoms with Gasteiger partial charge in [-0.3, -0.25) is 0 Å². The van der Waals surface area contributed by atoms with E-state index in [0.717, 1.165) is 12.8 Å². The summed E-state index contributed by atoms with van der Waals surface area (Å²) in [5.41, 5.74) is 7.95. The van der Waals surface area contributed by atoms with Gasteiger partial charge in [0.2, 0.25) is 0 Å². The molecule has 0 fully saturated rings. The van der Waals surface area contributed by atoms with E-state index in [1.54, 1.807) is 0 Å². The van der Waals surface area contributed by atoms with Crippen molar-refractivity contribution < 1.29 is 55.4 Å². The monoisotopic (exact) mass is 495 g/mol. The maximum Gasteiger partial charge on any atom is 3.00 e. The van der Waals surface area contributed by atoms with Crippen molar-refractivity contribution >= 4 is 13.9 Å². The summed E-state index contributed by atoms with van der Waals surface area (Å²) in [6.45, 7) is 11.1. The Kier molecular flexibility index (Phi) is 11.0. The Balaban J connectivity index is 0.00000225. The van der Waals surface area contributed by atoms with Gasteiger partial charge in [0, 0.05) is 6.10 Å². The smallest absolute Gasteiger partial charge is 1.00 e. The van der Waals surface area contributed by atoms with E-state index in [2.05, 4.69) is 82.1 Å². The Hall–Kier alpha value is -0.180. The number of hydrogen-bond donors (Lipinski definition) is 0. The second kappa shape index (κ2) is 11.1. The van der Waals surface area contributed by atoms with Crippen molar-refractivity contribution in [3.05, 3.63) is 76.4 Å². The maximum atomic E-state index is 6.25. The second-order valence-corrected chi connectivity index (χ2v) is 12.1. The first-order chi connectivity index (χ1) is 11.4. The molecule has 0 aromatic heterocycles. The summed E-state index contributed by atoms with van der Waals surface area (Å²) in [6.07, 6.45) is 12.7. The zero-order valence-corrected chi connectivity index (χ0v) is 21.7. The molecule has 0 saturated heterocycles. The number of fused-ring (bicyclic) bond motifs is 1. The largest absolute Gasteiger partial charge is 3.00 e. The van der Waals surface area contributed by atoms with E-state index < -0.39 is 8.32 Å². The first-order valence-corrected chi connectivity index (χ1v) is 12.3. The Morgan fingerprint density at radius 3 is 2.48 bits per heavy atom. The van der Waals surface area contributed by atoms with Crippen LogP contribution in [0, 0.1) is 6.08 Å². The fourth-order valence-electron chi connectivity index (χ4n) is 3.66. The van der Waals surface area contributed by atoms with Crippen LogP contribution < -0.4 is 24.8 Å². The maximum absolute atomic E-state index is 6.25. The average Bonchev–Trinajstić information content (AvgIpc) is 3.08. The molecule has 0 heterocycles. The summed E-state index contributed by atoms with van der Waals surface area (Å²) in [7, 11) is -1.50. The van der Waals surface area contributed by atoms with Crippen molar-refractivity contribution in [3.63, 3.8) is 0 Å². The van der Waals surface area contributed by atoms with E-state index in [9.17, 15) is 0 Å².